The second-order valence-electron chi connectivity index (χ2n) is 6.38. The van der Waals surface area contributed by atoms with Crippen LogP contribution in [-0.2, 0) is 6.42 Å². The maximum Gasteiger partial charge on any atom is 0.321 e. The average molecular weight is 352 g/mol. The molecule has 7 nitrogen and oxygen atoms in total. The van der Waals surface area contributed by atoms with Gasteiger partial charge in [0.1, 0.15) is 0 Å². The Labute approximate surface area is 153 Å². The van der Waals surface area contributed by atoms with Crippen molar-refractivity contribution in [2.75, 3.05) is 18.9 Å². The van der Waals surface area contributed by atoms with Gasteiger partial charge in [0.2, 0.25) is 0 Å². The monoisotopic (exact) mass is 352 g/mol. The highest BCUT2D eigenvalue weighted by molar-refractivity contribution is 5.89. The number of rotatable bonds is 6. The van der Waals surface area contributed by atoms with Gasteiger partial charge in [0, 0.05) is 43.1 Å². The molecule has 2 N–H and O–H groups in total. The van der Waals surface area contributed by atoms with E-state index in [1.54, 1.807) is 17.4 Å². The highest BCUT2D eigenvalue weighted by Gasteiger charge is 2.11. The second-order valence-corrected chi connectivity index (χ2v) is 6.38. The number of nitrogens with zero attached hydrogens (tertiary/aromatic N) is 4. The van der Waals surface area contributed by atoms with Gasteiger partial charge >= 0.3 is 6.03 Å². The smallest absolute Gasteiger partial charge is 0.321 e. The number of H-pyrrole nitrogens is 1. The van der Waals surface area contributed by atoms with Crippen LogP contribution in [0.5, 0.6) is 0 Å². The lowest BCUT2D eigenvalue weighted by molar-refractivity contribution is 0.222. The first-order valence-corrected chi connectivity index (χ1v) is 8.65. The zero-order chi connectivity index (χ0) is 18.5. The topological polar surface area (TPSA) is 78.8 Å². The van der Waals surface area contributed by atoms with Crippen molar-refractivity contribution in [3.63, 3.8) is 0 Å². The third kappa shape index (κ3) is 4.11. The van der Waals surface area contributed by atoms with Crippen LogP contribution < -0.4 is 5.32 Å². The molecule has 0 saturated carbocycles. The molecule has 1 aromatic carbocycles. The Bertz CT molecular complexity index is 831. The van der Waals surface area contributed by atoms with Gasteiger partial charge in [-0.15, -0.1) is 0 Å². The molecule has 2 aromatic heterocycles. The summed E-state index contributed by atoms with van der Waals surface area (Å²) in [6, 6.07) is 7.56. The quantitative estimate of drug-likeness (QED) is 0.714. The van der Waals surface area contributed by atoms with Crippen LogP contribution in [0.3, 0.4) is 0 Å². The third-order valence-electron chi connectivity index (χ3n) is 4.47. The second kappa shape index (κ2) is 7.86. The van der Waals surface area contributed by atoms with E-state index >= 15 is 0 Å². The predicted octanol–water partition coefficient (Wildman–Crippen LogP) is 3.31. The maximum atomic E-state index is 12.3. The molecule has 0 fully saturated rings. The van der Waals surface area contributed by atoms with Gasteiger partial charge in [-0.05, 0) is 56.5 Å². The summed E-state index contributed by atoms with van der Waals surface area (Å²) in [4.78, 5) is 18.1. The molecule has 7 heteroatoms. The summed E-state index contributed by atoms with van der Waals surface area (Å²) in [5, 5.41) is 10.1. The zero-order valence-corrected chi connectivity index (χ0v) is 15.4. The molecule has 0 aliphatic carbocycles. The molecule has 0 spiro atoms. The van der Waals surface area contributed by atoms with Crippen molar-refractivity contribution in [2.24, 2.45) is 0 Å². The van der Waals surface area contributed by atoms with Gasteiger partial charge in [-0.2, -0.15) is 5.10 Å². The van der Waals surface area contributed by atoms with Crippen molar-refractivity contribution in [3.8, 4) is 5.69 Å². The van der Waals surface area contributed by atoms with Crippen molar-refractivity contribution in [1.82, 2.24) is 24.6 Å². The van der Waals surface area contributed by atoms with E-state index in [9.17, 15) is 4.79 Å². The van der Waals surface area contributed by atoms with Crippen molar-refractivity contribution in [1.29, 1.82) is 0 Å². The van der Waals surface area contributed by atoms with Crippen LogP contribution in [0.1, 0.15) is 23.4 Å². The molecule has 2 amide bonds. The number of benzene rings is 1. The molecule has 3 rings (SSSR count). The van der Waals surface area contributed by atoms with Crippen molar-refractivity contribution in [2.45, 2.75) is 26.7 Å². The van der Waals surface area contributed by atoms with Crippen LogP contribution in [0.2, 0.25) is 0 Å². The van der Waals surface area contributed by atoms with E-state index in [0.29, 0.717) is 6.54 Å². The zero-order valence-electron chi connectivity index (χ0n) is 15.4. The van der Waals surface area contributed by atoms with E-state index in [1.165, 1.54) is 5.56 Å². The number of imidazole rings is 1. The number of aromatic amines is 1. The highest BCUT2D eigenvalue weighted by Crippen LogP contribution is 2.14. The fraction of sp³-hybridized carbons (Fsp3) is 0.316. The summed E-state index contributed by atoms with van der Waals surface area (Å²) in [6.07, 6.45) is 7.16. The Morgan fingerprint density at radius 2 is 2.04 bits per heavy atom. The minimum Gasteiger partial charge on any atom is -0.328 e. The SMILES string of the molecule is Cc1n[nH]c(C)c1CCCN(C)C(=O)Nc1ccc(-n2ccnc2)cc1. The first kappa shape index (κ1) is 17.7. The molecule has 2 heterocycles. The minimum atomic E-state index is -0.110. The number of amides is 2. The van der Waals surface area contributed by atoms with E-state index < -0.39 is 0 Å². The lowest BCUT2D eigenvalue weighted by atomic mass is 10.1. The highest BCUT2D eigenvalue weighted by atomic mass is 16.2. The minimum absolute atomic E-state index is 0.110. The Morgan fingerprint density at radius 1 is 1.27 bits per heavy atom. The molecule has 136 valence electrons. The van der Waals surface area contributed by atoms with Crippen LogP contribution in [-0.4, -0.2) is 44.3 Å². The lowest BCUT2D eigenvalue weighted by Crippen LogP contribution is -2.32. The number of aromatic nitrogens is 4. The maximum absolute atomic E-state index is 12.3. The molecule has 26 heavy (non-hydrogen) atoms. The van der Waals surface area contributed by atoms with Crippen LogP contribution in [0.15, 0.2) is 43.0 Å². The fourth-order valence-corrected chi connectivity index (χ4v) is 2.88. The molecule has 0 unspecified atom stereocenters. The van der Waals surface area contributed by atoms with Crippen molar-refractivity contribution < 1.29 is 4.79 Å². The summed E-state index contributed by atoms with van der Waals surface area (Å²) in [5.41, 5.74) is 5.15. The fourth-order valence-electron chi connectivity index (χ4n) is 2.88. The number of nitrogens with one attached hydrogen (secondary N) is 2. The first-order valence-electron chi connectivity index (χ1n) is 8.65. The van der Waals surface area contributed by atoms with Crippen LogP contribution in [0, 0.1) is 13.8 Å². The Morgan fingerprint density at radius 3 is 2.65 bits per heavy atom. The standard InChI is InChI=1S/C19H24N6O/c1-14-18(15(2)23-22-14)5-4-11-24(3)19(26)21-16-6-8-17(9-7-16)25-12-10-20-13-25/h6-10,12-13H,4-5,11H2,1-3H3,(H,21,26)(H,22,23). The van der Waals surface area contributed by atoms with Crippen molar-refractivity contribution in [3.05, 3.63) is 59.9 Å². The van der Waals surface area contributed by atoms with Crippen LogP contribution in [0.4, 0.5) is 10.5 Å². The number of carbonyl (C=O) groups excluding carboxylic acids is 1. The number of hydrogen-bond acceptors (Lipinski definition) is 3. The molecule has 0 saturated heterocycles. The van der Waals surface area contributed by atoms with Gasteiger partial charge in [-0.3, -0.25) is 5.10 Å². The summed E-state index contributed by atoms with van der Waals surface area (Å²) in [5.74, 6) is 0. The number of carbonyl (C=O) groups is 1. The molecule has 0 aliphatic heterocycles. The number of hydrogen-bond donors (Lipinski definition) is 2. The molecular weight excluding hydrogens is 328 g/mol. The number of urea groups is 1. The molecule has 3 aromatic rings. The number of anilines is 1. The Hall–Kier alpha value is -3.09. The van der Waals surface area contributed by atoms with Gasteiger partial charge in [0.25, 0.3) is 0 Å². The molecule has 0 bridgehead atoms. The van der Waals surface area contributed by atoms with E-state index in [-0.39, 0.29) is 6.03 Å². The first-order chi connectivity index (χ1) is 12.5. The van der Waals surface area contributed by atoms with Gasteiger partial charge in [0.05, 0.1) is 12.0 Å². The van der Waals surface area contributed by atoms with E-state index in [0.717, 1.165) is 35.6 Å². The van der Waals surface area contributed by atoms with Crippen LogP contribution >= 0.6 is 0 Å². The van der Waals surface area contributed by atoms with Gasteiger partial charge in [-0.25, -0.2) is 9.78 Å². The molecular formula is C19H24N6O. The number of aryl methyl sites for hydroxylation is 2. The van der Waals surface area contributed by atoms with E-state index in [2.05, 4.69) is 20.5 Å². The normalized spacial score (nSPS) is 10.7. The van der Waals surface area contributed by atoms with E-state index in [1.807, 2.05) is 55.9 Å². The average Bonchev–Trinajstić information content (AvgIpc) is 3.27. The van der Waals surface area contributed by atoms with Gasteiger partial charge in [0.15, 0.2) is 0 Å². The largest absolute Gasteiger partial charge is 0.328 e. The predicted molar refractivity (Wildman–Crippen MR) is 102 cm³/mol. The van der Waals surface area contributed by atoms with Gasteiger partial charge in [-0.1, -0.05) is 0 Å². The summed E-state index contributed by atoms with van der Waals surface area (Å²) < 4.78 is 1.91. The van der Waals surface area contributed by atoms with Crippen molar-refractivity contribution >= 4 is 11.7 Å². The van der Waals surface area contributed by atoms with Crippen LogP contribution in [0.25, 0.3) is 5.69 Å². The Balaban J connectivity index is 1.49. The summed E-state index contributed by atoms with van der Waals surface area (Å²) >= 11 is 0. The van der Waals surface area contributed by atoms with E-state index in [4.69, 9.17) is 0 Å². The molecule has 0 radical (unpaired) electrons. The van der Waals surface area contributed by atoms with Gasteiger partial charge < -0.3 is 14.8 Å². The summed E-state index contributed by atoms with van der Waals surface area (Å²) in [6.45, 7) is 4.71. The lowest BCUT2D eigenvalue weighted by Gasteiger charge is -2.18. The molecule has 0 aliphatic rings. The third-order valence-corrected chi connectivity index (χ3v) is 4.47. The Kier molecular flexibility index (Phi) is 5.36. The molecule has 0 atom stereocenters. The summed E-state index contributed by atoms with van der Waals surface area (Å²) in [7, 11) is 1.81.